The van der Waals surface area contributed by atoms with E-state index in [9.17, 15) is 4.21 Å². The summed E-state index contributed by atoms with van der Waals surface area (Å²) in [6.45, 7) is 2.97. The SMILES string of the molecule is NC1(CN2CCS(=O)CC2)CCCCC1. The minimum atomic E-state index is -0.563. The molecule has 3 nitrogen and oxygen atoms in total. The Labute approximate surface area is 94.9 Å². The lowest BCUT2D eigenvalue weighted by Crippen LogP contribution is -2.53. The van der Waals surface area contributed by atoms with E-state index in [0.717, 1.165) is 31.1 Å². The van der Waals surface area contributed by atoms with Crippen LogP contribution in [0.15, 0.2) is 0 Å². The highest BCUT2D eigenvalue weighted by molar-refractivity contribution is 7.85. The largest absolute Gasteiger partial charge is 0.324 e. The molecule has 4 heteroatoms. The summed E-state index contributed by atoms with van der Waals surface area (Å²) < 4.78 is 11.2. The summed E-state index contributed by atoms with van der Waals surface area (Å²) in [5.41, 5.74) is 6.46. The summed E-state index contributed by atoms with van der Waals surface area (Å²) in [6, 6.07) is 0. The Hall–Kier alpha value is 0.0700. The normalized spacial score (nSPS) is 29.1. The van der Waals surface area contributed by atoms with Gasteiger partial charge in [-0.1, -0.05) is 19.3 Å². The van der Waals surface area contributed by atoms with Crippen LogP contribution in [0.2, 0.25) is 0 Å². The zero-order valence-corrected chi connectivity index (χ0v) is 10.2. The fourth-order valence-corrected chi connectivity index (χ4v) is 3.82. The van der Waals surface area contributed by atoms with Crippen molar-refractivity contribution < 1.29 is 4.21 Å². The topological polar surface area (TPSA) is 46.3 Å². The van der Waals surface area contributed by atoms with Gasteiger partial charge in [0.25, 0.3) is 0 Å². The molecule has 1 saturated carbocycles. The molecule has 0 atom stereocenters. The first-order chi connectivity index (χ1) is 7.18. The maximum Gasteiger partial charge on any atom is 0.0363 e. The van der Waals surface area contributed by atoms with Crippen molar-refractivity contribution in [1.29, 1.82) is 0 Å². The maximum absolute atomic E-state index is 11.2. The monoisotopic (exact) mass is 230 g/mol. The first-order valence-corrected chi connectivity index (χ1v) is 7.53. The second kappa shape index (κ2) is 4.93. The van der Waals surface area contributed by atoms with Crippen LogP contribution in [0.5, 0.6) is 0 Å². The van der Waals surface area contributed by atoms with Gasteiger partial charge in [0.1, 0.15) is 0 Å². The predicted molar refractivity (Wildman–Crippen MR) is 64.3 cm³/mol. The molecule has 1 saturated heterocycles. The molecule has 0 bridgehead atoms. The van der Waals surface area contributed by atoms with Gasteiger partial charge in [0, 0.05) is 47.5 Å². The summed E-state index contributed by atoms with van der Waals surface area (Å²) in [5, 5.41) is 0. The van der Waals surface area contributed by atoms with E-state index in [4.69, 9.17) is 5.73 Å². The average Bonchev–Trinajstić information content (AvgIpc) is 2.22. The molecule has 0 spiro atoms. The second-order valence-electron chi connectivity index (χ2n) is 5.05. The van der Waals surface area contributed by atoms with Gasteiger partial charge in [0.2, 0.25) is 0 Å². The summed E-state index contributed by atoms with van der Waals surface area (Å²) in [7, 11) is -0.563. The van der Waals surface area contributed by atoms with Crippen molar-refractivity contribution in [2.24, 2.45) is 5.73 Å². The Morgan fingerprint density at radius 2 is 1.73 bits per heavy atom. The van der Waals surface area contributed by atoms with E-state index in [1.807, 2.05) is 0 Å². The molecule has 2 fully saturated rings. The molecule has 1 aliphatic heterocycles. The fraction of sp³-hybridized carbons (Fsp3) is 1.00. The van der Waals surface area contributed by atoms with Crippen molar-refractivity contribution in [3.63, 3.8) is 0 Å². The zero-order chi connectivity index (χ0) is 10.7. The van der Waals surface area contributed by atoms with E-state index in [1.165, 1.54) is 32.1 Å². The molecule has 1 aliphatic carbocycles. The van der Waals surface area contributed by atoms with Crippen LogP contribution < -0.4 is 5.73 Å². The lowest BCUT2D eigenvalue weighted by molar-refractivity contribution is 0.182. The van der Waals surface area contributed by atoms with Crippen molar-refractivity contribution >= 4 is 10.8 Å². The molecule has 0 unspecified atom stereocenters. The maximum atomic E-state index is 11.2. The van der Waals surface area contributed by atoms with Crippen LogP contribution in [0, 0.1) is 0 Å². The van der Waals surface area contributed by atoms with Crippen molar-refractivity contribution in [2.75, 3.05) is 31.1 Å². The Balaban J connectivity index is 1.82. The van der Waals surface area contributed by atoms with Gasteiger partial charge in [-0.3, -0.25) is 9.11 Å². The molecular formula is C11H22N2OS. The van der Waals surface area contributed by atoms with Crippen LogP contribution in [0.4, 0.5) is 0 Å². The zero-order valence-electron chi connectivity index (χ0n) is 9.41. The smallest absolute Gasteiger partial charge is 0.0363 e. The molecule has 0 aromatic heterocycles. The molecule has 2 aliphatic rings. The average molecular weight is 230 g/mol. The highest BCUT2D eigenvalue weighted by Crippen LogP contribution is 2.26. The van der Waals surface area contributed by atoms with E-state index in [-0.39, 0.29) is 5.54 Å². The molecule has 1 heterocycles. The van der Waals surface area contributed by atoms with Gasteiger partial charge in [-0.25, -0.2) is 0 Å². The molecule has 88 valence electrons. The van der Waals surface area contributed by atoms with Gasteiger partial charge in [-0.15, -0.1) is 0 Å². The first-order valence-electron chi connectivity index (χ1n) is 6.04. The van der Waals surface area contributed by atoms with Gasteiger partial charge in [0.15, 0.2) is 0 Å². The molecule has 0 amide bonds. The highest BCUT2D eigenvalue weighted by atomic mass is 32.2. The van der Waals surface area contributed by atoms with Crippen molar-refractivity contribution in [3.05, 3.63) is 0 Å². The lowest BCUT2D eigenvalue weighted by atomic mass is 9.82. The summed E-state index contributed by atoms with van der Waals surface area (Å²) in [5.74, 6) is 1.69. The van der Waals surface area contributed by atoms with E-state index < -0.39 is 10.8 Å². The van der Waals surface area contributed by atoms with Crippen LogP contribution in [0.1, 0.15) is 32.1 Å². The van der Waals surface area contributed by atoms with Gasteiger partial charge < -0.3 is 5.73 Å². The molecule has 0 radical (unpaired) electrons. The van der Waals surface area contributed by atoms with Crippen LogP contribution in [-0.2, 0) is 10.8 Å². The molecule has 2 rings (SSSR count). The number of rotatable bonds is 2. The van der Waals surface area contributed by atoms with Crippen molar-refractivity contribution in [3.8, 4) is 0 Å². The predicted octanol–water partition coefficient (Wildman–Crippen LogP) is 0.712. The minimum absolute atomic E-state index is 0.0527. The molecule has 2 N–H and O–H groups in total. The third kappa shape index (κ3) is 3.26. The summed E-state index contributed by atoms with van der Waals surface area (Å²) in [6.07, 6.45) is 6.27. The Kier molecular flexibility index (Phi) is 3.80. The van der Waals surface area contributed by atoms with Crippen LogP contribution in [-0.4, -0.2) is 45.8 Å². The van der Waals surface area contributed by atoms with Crippen LogP contribution in [0.3, 0.4) is 0 Å². The van der Waals surface area contributed by atoms with E-state index in [1.54, 1.807) is 0 Å². The molecule has 15 heavy (non-hydrogen) atoms. The number of nitrogens with zero attached hydrogens (tertiary/aromatic N) is 1. The van der Waals surface area contributed by atoms with Crippen LogP contribution >= 0.6 is 0 Å². The Bertz CT molecular complexity index is 229. The van der Waals surface area contributed by atoms with Gasteiger partial charge in [-0.2, -0.15) is 0 Å². The quantitative estimate of drug-likeness (QED) is 0.760. The Morgan fingerprint density at radius 1 is 1.13 bits per heavy atom. The lowest BCUT2D eigenvalue weighted by Gasteiger charge is -2.39. The standard InChI is InChI=1S/C11H22N2OS/c12-11(4-2-1-3-5-11)10-13-6-8-15(14)9-7-13/h1-10,12H2. The van der Waals surface area contributed by atoms with E-state index >= 15 is 0 Å². The third-order valence-corrected chi connectivity index (χ3v) is 4.93. The third-order valence-electron chi connectivity index (χ3n) is 3.66. The van der Waals surface area contributed by atoms with Crippen molar-refractivity contribution in [2.45, 2.75) is 37.6 Å². The summed E-state index contributed by atoms with van der Waals surface area (Å²) in [4.78, 5) is 2.41. The fourth-order valence-electron chi connectivity index (χ4n) is 2.69. The van der Waals surface area contributed by atoms with Crippen molar-refractivity contribution in [1.82, 2.24) is 4.90 Å². The summed E-state index contributed by atoms with van der Waals surface area (Å²) >= 11 is 0. The number of nitrogens with two attached hydrogens (primary N) is 1. The van der Waals surface area contributed by atoms with Gasteiger partial charge in [-0.05, 0) is 12.8 Å². The number of hydrogen-bond donors (Lipinski definition) is 1. The van der Waals surface area contributed by atoms with Gasteiger partial charge >= 0.3 is 0 Å². The van der Waals surface area contributed by atoms with Crippen LogP contribution in [0.25, 0.3) is 0 Å². The second-order valence-corrected chi connectivity index (χ2v) is 6.74. The minimum Gasteiger partial charge on any atom is -0.324 e. The molecule has 0 aromatic carbocycles. The molecular weight excluding hydrogens is 208 g/mol. The highest BCUT2D eigenvalue weighted by Gasteiger charge is 2.30. The van der Waals surface area contributed by atoms with Gasteiger partial charge in [0.05, 0.1) is 0 Å². The van der Waals surface area contributed by atoms with E-state index in [0.29, 0.717) is 0 Å². The molecule has 0 aromatic rings. The first kappa shape index (κ1) is 11.6. The van der Waals surface area contributed by atoms with E-state index in [2.05, 4.69) is 4.90 Å². The Morgan fingerprint density at radius 3 is 2.33 bits per heavy atom. The number of hydrogen-bond acceptors (Lipinski definition) is 3.